The second-order valence-electron chi connectivity index (χ2n) is 5.47. The van der Waals surface area contributed by atoms with E-state index in [0.717, 1.165) is 37.3 Å². The number of rotatable bonds is 8. The first kappa shape index (κ1) is 16.9. The minimum absolute atomic E-state index is 0.0859. The summed E-state index contributed by atoms with van der Waals surface area (Å²) in [5, 5.41) is 11.1. The van der Waals surface area contributed by atoms with Gasteiger partial charge < -0.3 is 10.2 Å². The molecule has 122 valence electrons. The van der Waals surface area contributed by atoms with Crippen molar-refractivity contribution < 1.29 is 4.79 Å². The van der Waals surface area contributed by atoms with E-state index in [1.54, 1.807) is 0 Å². The molecule has 2 aromatic rings. The van der Waals surface area contributed by atoms with Gasteiger partial charge in [-0.15, -0.1) is 10.2 Å². The van der Waals surface area contributed by atoms with E-state index in [9.17, 15) is 4.79 Å². The fourth-order valence-corrected chi connectivity index (χ4v) is 2.41. The predicted molar refractivity (Wildman–Crippen MR) is 93.6 cm³/mol. The second-order valence-corrected chi connectivity index (χ2v) is 5.47. The summed E-state index contributed by atoms with van der Waals surface area (Å²) in [5.41, 5.74) is 0.978. The number of carbonyl (C=O) groups excluding carboxylic acids is 1. The van der Waals surface area contributed by atoms with E-state index in [2.05, 4.69) is 34.3 Å². The van der Waals surface area contributed by atoms with Gasteiger partial charge >= 0.3 is 0 Å². The molecule has 1 N–H and O–H groups in total. The highest BCUT2D eigenvalue weighted by Crippen LogP contribution is 2.13. The van der Waals surface area contributed by atoms with E-state index in [1.165, 1.54) is 0 Å². The van der Waals surface area contributed by atoms with Crippen molar-refractivity contribution in [1.29, 1.82) is 0 Å². The van der Waals surface area contributed by atoms with Gasteiger partial charge in [-0.25, -0.2) is 0 Å². The third-order valence-electron chi connectivity index (χ3n) is 3.44. The average molecular weight is 312 g/mol. The van der Waals surface area contributed by atoms with Crippen LogP contribution in [0.15, 0.2) is 42.5 Å². The van der Waals surface area contributed by atoms with E-state index < -0.39 is 0 Å². The molecule has 0 radical (unpaired) electrons. The molecule has 0 saturated heterocycles. The number of amides is 1. The van der Waals surface area contributed by atoms with Gasteiger partial charge in [0, 0.05) is 13.1 Å². The van der Waals surface area contributed by atoms with Gasteiger partial charge in [0.05, 0.1) is 6.42 Å². The fourth-order valence-electron chi connectivity index (χ4n) is 2.41. The third kappa shape index (κ3) is 5.36. The monoisotopic (exact) mass is 312 g/mol. The second kappa shape index (κ2) is 8.88. The fraction of sp³-hybridized carbons (Fsp3) is 0.389. The SMILES string of the molecule is CCCN(CCC)c1ccc(NC(=O)Cc2ccccc2)nn1. The first-order chi connectivity index (χ1) is 11.2. The van der Waals surface area contributed by atoms with Gasteiger partial charge in [0.25, 0.3) is 0 Å². The summed E-state index contributed by atoms with van der Waals surface area (Å²) in [4.78, 5) is 14.2. The highest BCUT2D eigenvalue weighted by molar-refractivity contribution is 5.91. The Balaban J connectivity index is 1.95. The zero-order valence-corrected chi connectivity index (χ0v) is 13.8. The van der Waals surface area contributed by atoms with Gasteiger partial charge in [-0.1, -0.05) is 44.2 Å². The van der Waals surface area contributed by atoms with E-state index in [-0.39, 0.29) is 5.91 Å². The lowest BCUT2D eigenvalue weighted by atomic mass is 10.1. The van der Waals surface area contributed by atoms with Crippen LogP contribution in [-0.2, 0) is 11.2 Å². The molecule has 0 unspecified atom stereocenters. The molecule has 0 aliphatic heterocycles. The molecule has 1 aromatic heterocycles. The molecular formula is C18H24N4O. The molecular weight excluding hydrogens is 288 g/mol. The smallest absolute Gasteiger partial charge is 0.229 e. The molecule has 1 aromatic carbocycles. The highest BCUT2D eigenvalue weighted by atomic mass is 16.1. The molecule has 23 heavy (non-hydrogen) atoms. The first-order valence-electron chi connectivity index (χ1n) is 8.15. The maximum atomic E-state index is 12.0. The maximum Gasteiger partial charge on any atom is 0.229 e. The van der Waals surface area contributed by atoms with Gasteiger partial charge in [-0.2, -0.15) is 0 Å². The molecule has 0 bridgehead atoms. The van der Waals surface area contributed by atoms with Crippen LogP contribution >= 0.6 is 0 Å². The van der Waals surface area contributed by atoms with Gasteiger partial charge in [0.2, 0.25) is 5.91 Å². The zero-order chi connectivity index (χ0) is 16.5. The average Bonchev–Trinajstić information content (AvgIpc) is 2.56. The van der Waals surface area contributed by atoms with E-state index in [1.807, 2.05) is 42.5 Å². The van der Waals surface area contributed by atoms with Crippen LogP contribution in [0, 0.1) is 0 Å². The lowest BCUT2D eigenvalue weighted by molar-refractivity contribution is -0.115. The van der Waals surface area contributed by atoms with Crippen LogP contribution in [0.4, 0.5) is 11.6 Å². The molecule has 2 rings (SSSR count). The lowest BCUT2D eigenvalue weighted by Crippen LogP contribution is -2.26. The summed E-state index contributed by atoms with van der Waals surface area (Å²) in [6.07, 6.45) is 2.47. The zero-order valence-electron chi connectivity index (χ0n) is 13.8. The van der Waals surface area contributed by atoms with Crippen molar-refractivity contribution in [2.75, 3.05) is 23.3 Å². The Morgan fingerprint density at radius 1 is 1.00 bits per heavy atom. The van der Waals surface area contributed by atoms with Crippen LogP contribution in [0.2, 0.25) is 0 Å². The van der Waals surface area contributed by atoms with Crippen molar-refractivity contribution >= 4 is 17.5 Å². The van der Waals surface area contributed by atoms with E-state index >= 15 is 0 Å². The van der Waals surface area contributed by atoms with Crippen LogP contribution in [-0.4, -0.2) is 29.2 Å². The predicted octanol–water partition coefficient (Wildman–Crippen LogP) is 3.28. The minimum atomic E-state index is -0.0859. The van der Waals surface area contributed by atoms with Crippen molar-refractivity contribution in [3.8, 4) is 0 Å². The summed E-state index contributed by atoms with van der Waals surface area (Å²) in [7, 11) is 0. The molecule has 0 atom stereocenters. The van der Waals surface area contributed by atoms with E-state index in [0.29, 0.717) is 12.2 Å². The van der Waals surface area contributed by atoms with Crippen LogP contribution in [0.25, 0.3) is 0 Å². The van der Waals surface area contributed by atoms with Crippen molar-refractivity contribution in [3.05, 3.63) is 48.0 Å². The minimum Gasteiger partial charge on any atom is -0.355 e. The number of nitrogens with zero attached hydrogens (tertiary/aromatic N) is 3. The van der Waals surface area contributed by atoms with Gasteiger partial charge in [0.1, 0.15) is 0 Å². The summed E-state index contributed by atoms with van der Waals surface area (Å²) < 4.78 is 0. The molecule has 1 heterocycles. The number of aromatic nitrogens is 2. The normalized spacial score (nSPS) is 10.3. The van der Waals surface area contributed by atoms with E-state index in [4.69, 9.17) is 0 Å². The number of carbonyl (C=O) groups is 1. The molecule has 0 fully saturated rings. The van der Waals surface area contributed by atoms with Gasteiger partial charge in [-0.05, 0) is 30.5 Å². The Bertz CT molecular complexity index is 592. The van der Waals surface area contributed by atoms with Crippen molar-refractivity contribution in [1.82, 2.24) is 10.2 Å². The third-order valence-corrected chi connectivity index (χ3v) is 3.44. The van der Waals surface area contributed by atoms with Crippen LogP contribution in [0.1, 0.15) is 32.3 Å². The topological polar surface area (TPSA) is 58.1 Å². The summed E-state index contributed by atoms with van der Waals surface area (Å²) in [5.74, 6) is 1.26. The van der Waals surface area contributed by atoms with Crippen molar-refractivity contribution in [2.24, 2.45) is 0 Å². The number of nitrogens with one attached hydrogen (secondary N) is 1. The molecule has 0 aliphatic rings. The standard InChI is InChI=1S/C18H24N4O/c1-3-12-22(13-4-2)17-11-10-16(20-21-17)19-18(23)14-15-8-6-5-7-9-15/h5-11H,3-4,12-14H2,1-2H3,(H,19,20,23). The lowest BCUT2D eigenvalue weighted by Gasteiger charge is -2.21. The number of anilines is 2. The Morgan fingerprint density at radius 2 is 1.70 bits per heavy atom. The Morgan fingerprint density at radius 3 is 2.26 bits per heavy atom. The molecule has 5 heteroatoms. The van der Waals surface area contributed by atoms with Crippen molar-refractivity contribution in [2.45, 2.75) is 33.1 Å². The molecule has 0 spiro atoms. The molecule has 1 amide bonds. The molecule has 0 aliphatic carbocycles. The number of hydrogen-bond donors (Lipinski definition) is 1. The van der Waals surface area contributed by atoms with Gasteiger partial charge in [-0.3, -0.25) is 4.79 Å². The Hall–Kier alpha value is -2.43. The summed E-state index contributed by atoms with van der Waals surface area (Å²) in [6.45, 7) is 6.22. The number of hydrogen-bond acceptors (Lipinski definition) is 4. The van der Waals surface area contributed by atoms with Gasteiger partial charge in [0.15, 0.2) is 11.6 Å². The first-order valence-corrected chi connectivity index (χ1v) is 8.15. The summed E-state index contributed by atoms with van der Waals surface area (Å²) in [6, 6.07) is 13.4. The van der Waals surface area contributed by atoms with Crippen LogP contribution < -0.4 is 10.2 Å². The number of benzene rings is 1. The molecule has 5 nitrogen and oxygen atoms in total. The molecule has 0 saturated carbocycles. The maximum absolute atomic E-state index is 12.0. The summed E-state index contributed by atoms with van der Waals surface area (Å²) >= 11 is 0. The Kier molecular flexibility index (Phi) is 6.54. The van der Waals surface area contributed by atoms with Crippen LogP contribution in [0.5, 0.6) is 0 Å². The Labute approximate surface area is 137 Å². The van der Waals surface area contributed by atoms with Crippen LogP contribution in [0.3, 0.4) is 0 Å². The largest absolute Gasteiger partial charge is 0.355 e. The van der Waals surface area contributed by atoms with Crippen molar-refractivity contribution in [3.63, 3.8) is 0 Å². The quantitative estimate of drug-likeness (QED) is 0.812. The highest BCUT2D eigenvalue weighted by Gasteiger charge is 2.09.